The van der Waals surface area contributed by atoms with Gasteiger partial charge in [0.2, 0.25) is 0 Å². The zero-order valence-corrected chi connectivity index (χ0v) is 14.7. The van der Waals surface area contributed by atoms with Gasteiger partial charge in [-0.25, -0.2) is 0 Å². The summed E-state index contributed by atoms with van der Waals surface area (Å²) < 4.78 is 8.47. The topological polar surface area (TPSA) is 9.23 Å². The van der Waals surface area contributed by atoms with E-state index in [0.717, 1.165) is 13.0 Å². The molecule has 0 radical (unpaired) electrons. The van der Waals surface area contributed by atoms with Gasteiger partial charge in [-0.1, -0.05) is 70.2 Å². The van der Waals surface area contributed by atoms with Crippen LogP contribution in [0.4, 0.5) is 0 Å². The van der Waals surface area contributed by atoms with Gasteiger partial charge in [-0.15, -0.1) is 0 Å². The van der Waals surface area contributed by atoms with Crippen LogP contribution in [0.15, 0.2) is 10.2 Å². The lowest BCUT2D eigenvalue weighted by Crippen LogP contribution is -2.47. The monoisotopic (exact) mass is 354 g/mol. The van der Waals surface area contributed by atoms with Crippen LogP contribution in [0, 0.1) is 0 Å². The van der Waals surface area contributed by atoms with E-state index >= 15 is 0 Å². The van der Waals surface area contributed by atoms with Crippen molar-refractivity contribution < 1.29 is 4.43 Å². The summed E-state index contributed by atoms with van der Waals surface area (Å²) in [5.74, 6) is 0. The Bertz CT molecular complexity index is 190. The Morgan fingerprint density at radius 3 is 1.75 bits per heavy atom. The molecule has 0 heterocycles. The van der Waals surface area contributed by atoms with Gasteiger partial charge in [0.25, 0.3) is 0 Å². The van der Waals surface area contributed by atoms with E-state index in [-0.39, 0.29) is 0 Å². The van der Waals surface area contributed by atoms with E-state index in [1.165, 1.54) is 0 Å². The van der Waals surface area contributed by atoms with Crippen molar-refractivity contribution in [3.8, 4) is 0 Å². The molecule has 0 bridgehead atoms. The summed E-state index contributed by atoms with van der Waals surface area (Å²) in [6, 6.07) is 0. The SMILES string of the molecule is CC(C)[Si](OCC/C=C/I)(C(C)C)C(C)C. The predicted octanol–water partition coefficient (Wildman–Crippen LogP) is 5.52. The molecule has 0 atom stereocenters. The van der Waals surface area contributed by atoms with Crippen LogP contribution in [-0.2, 0) is 4.43 Å². The minimum Gasteiger partial charge on any atom is -0.416 e. The number of hydrogen-bond acceptors (Lipinski definition) is 1. The highest BCUT2D eigenvalue weighted by atomic mass is 127. The largest absolute Gasteiger partial charge is 0.416 e. The molecule has 0 aromatic heterocycles. The molecule has 0 amide bonds. The molecule has 0 rings (SSSR count). The molecule has 3 heteroatoms. The molecule has 1 nitrogen and oxygen atoms in total. The van der Waals surface area contributed by atoms with E-state index in [2.05, 4.69) is 74.3 Å². The fraction of sp³-hybridized carbons (Fsp3) is 0.846. The van der Waals surface area contributed by atoms with E-state index in [0.29, 0.717) is 16.6 Å². The molecule has 0 fully saturated rings. The maximum absolute atomic E-state index is 6.40. The molecule has 0 aromatic carbocycles. The fourth-order valence-electron chi connectivity index (χ4n) is 2.87. The number of hydrogen-bond donors (Lipinski definition) is 0. The van der Waals surface area contributed by atoms with Crippen molar-refractivity contribution in [1.29, 1.82) is 0 Å². The maximum Gasteiger partial charge on any atom is 0.200 e. The summed E-state index contributed by atoms with van der Waals surface area (Å²) in [6.07, 6.45) is 3.23. The Balaban J connectivity index is 4.64. The molecule has 16 heavy (non-hydrogen) atoms. The zero-order chi connectivity index (χ0) is 12.8. The highest BCUT2D eigenvalue weighted by Gasteiger charge is 2.44. The van der Waals surface area contributed by atoms with Crippen molar-refractivity contribution in [2.75, 3.05) is 6.61 Å². The van der Waals surface area contributed by atoms with Crippen LogP contribution in [0.1, 0.15) is 48.0 Å². The van der Waals surface area contributed by atoms with Gasteiger partial charge < -0.3 is 4.43 Å². The fourth-order valence-corrected chi connectivity index (χ4v) is 8.70. The van der Waals surface area contributed by atoms with Gasteiger partial charge in [0.1, 0.15) is 0 Å². The lowest BCUT2D eigenvalue weighted by Gasteiger charge is -2.42. The third kappa shape index (κ3) is 4.15. The second kappa shape index (κ2) is 7.87. The number of rotatable bonds is 7. The Kier molecular flexibility index (Phi) is 8.19. The molecule has 0 saturated heterocycles. The summed E-state index contributed by atoms with van der Waals surface area (Å²) >= 11 is 2.26. The van der Waals surface area contributed by atoms with Crippen molar-refractivity contribution in [2.24, 2.45) is 0 Å². The van der Waals surface area contributed by atoms with Crippen LogP contribution in [0.25, 0.3) is 0 Å². The van der Waals surface area contributed by atoms with Gasteiger partial charge in [-0.2, -0.15) is 0 Å². The van der Waals surface area contributed by atoms with Gasteiger partial charge in [-0.05, 0) is 27.1 Å². The molecular weight excluding hydrogens is 327 g/mol. The highest BCUT2D eigenvalue weighted by molar-refractivity contribution is 14.1. The molecular formula is C13H27IOSi. The van der Waals surface area contributed by atoms with Crippen molar-refractivity contribution >= 4 is 30.9 Å². The van der Waals surface area contributed by atoms with E-state index in [4.69, 9.17) is 4.43 Å². The Morgan fingerprint density at radius 1 is 1.00 bits per heavy atom. The van der Waals surface area contributed by atoms with Gasteiger partial charge in [0, 0.05) is 6.61 Å². The van der Waals surface area contributed by atoms with Gasteiger partial charge in [0.05, 0.1) is 0 Å². The molecule has 0 aromatic rings. The minimum absolute atomic E-state index is 0.691. The first-order chi connectivity index (χ1) is 7.39. The van der Waals surface area contributed by atoms with Crippen LogP contribution < -0.4 is 0 Å². The minimum atomic E-state index is -1.61. The normalized spacial score (nSPS) is 13.6. The first kappa shape index (κ1) is 16.6. The van der Waals surface area contributed by atoms with Crippen LogP contribution in [0.2, 0.25) is 16.6 Å². The first-order valence-electron chi connectivity index (χ1n) is 6.28. The molecule has 0 saturated carbocycles. The molecule has 0 spiro atoms. The molecule has 0 aliphatic carbocycles. The zero-order valence-electron chi connectivity index (χ0n) is 11.6. The summed E-state index contributed by atoms with van der Waals surface area (Å²) in [5.41, 5.74) is 2.07. The van der Waals surface area contributed by atoms with E-state index in [9.17, 15) is 0 Å². The second-order valence-electron chi connectivity index (χ2n) is 5.32. The molecule has 0 aliphatic heterocycles. The summed E-state index contributed by atoms with van der Waals surface area (Å²) in [7, 11) is -1.61. The van der Waals surface area contributed by atoms with Crippen LogP contribution in [0.3, 0.4) is 0 Å². The van der Waals surface area contributed by atoms with Crippen LogP contribution >= 0.6 is 22.6 Å². The lowest BCUT2D eigenvalue weighted by molar-refractivity contribution is 0.284. The predicted molar refractivity (Wildman–Crippen MR) is 84.8 cm³/mol. The summed E-state index contributed by atoms with van der Waals surface area (Å²) in [4.78, 5) is 0. The Hall–Kier alpha value is 0.647. The molecule has 96 valence electrons. The summed E-state index contributed by atoms with van der Waals surface area (Å²) in [6.45, 7) is 14.9. The van der Waals surface area contributed by atoms with Crippen molar-refractivity contribution in [3.63, 3.8) is 0 Å². The van der Waals surface area contributed by atoms with Gasteiger partial charge >= 0.3 is 0 Å². The Labute approximate surface area is 116 Å². The van der Waals surface area contributed by atoms with Crippen LogP contribution in [0.5, 0.6) is 0 Å². The van der Waals surface area contributed by atoms with Crippen molar-refractivity contribution in [1.82, 2.24) is 0 Å². The van der Waals surface area contributed by atoms with E-state index < -0.39 is 8.32 Å². The lowest BCUT2D eigenvalue weighted by atomic mass is 10.5. The third-order valence-corrected chi connectivity index (χ3v) is 10.1. The number of halogens is 1. The summed E-state index contributed by atoms with van der Waals surface area (Å²) in [5, 5.41) is 0. The quantitative estimate of drug-likeness (QED) is 0.332. The van der Waals surface area contributed by atoms with Crippen molar-refractivity contribution in [3.05, 3.63) is 10.2 Å². The van der Waals surface area contributed by atoms with Crippen LogP contribution in [-0.4, -0.2) is 14.9 Å². The Morgan fingerprint density at radius 2 is 1.44 bits per heavy atom. The molecule has 0 N–H and O–H groups in total. The van der Waals surface area contributed by atoms with E-state index in [1.807, 2.05) is 0 Å². The molecule has 0 aliphatic rings. The average molecular weight is 354 g/mol. The first-order valence-corrected chi connectivity index (χ1v) is 9.67. The highest BCUT2D eigenvalue weighted by Crippen LogP contribution is 2.42. The standard InChI is InChI=1S/C13H27IOSi/c1-11(2)16(12(3)4,13(5)6)15-10-8-7-9-14/h7,9,11-13H,8,10H2,1-6H3/b9-7+. The maximum atomic E-state index is 6.40. The second-order valence-corrected chi connectivity index (χ2v) is 11.5. The smallest absolute Gasteiger partial charge is 0.200 e. The van der Waals surface area contributed by atoms with Crippen molar-refractivity contribution in [2.45, 2.75) is 64.6 Å². The van der Waals surface area contributed by atoms with Gasteiger partial charge in [0.15, 0.2) is 8.32 Å². The third-order valence-electron chi connectivity index (χ3n) is 3.43. The van der Waals surface area contributed by atoms with Gasteiger partial charge in [-0.3, -0.25) is 0 Å². The van der Waals surface area contributed by atoms with E-state index in [1.54, 1.807) is 0 Å². The average Bonchev–Trinajstić information content (AvgIpc) is 2.16. The molecule has 0 unspecified atom stereocenters.